The van der Waals surface area contributed by atoms with Gasteiger partial charge in [-0.1, -0.05) is 6.07 Å². The molecule has 2 aliphatic rings. The van der Waals surface area contributed by atoms with Crippen LogP contribution in [0, 0.1) is 0 Å². The molecule has 0 saturated carbocycles. The van der Waals surface area contributed by atoms with E-state index in [0.717, 1.165) is 5.56 Å². The molecule has 6 nitrogen and oxygen atoms in total. The largest absolute Gasteiger partial charge is 0.326 e. The second-order valence-electron chi connectivity index (χ2n) is 5.20. The van der Waals surface area contributed by atoms with E-state index in [1.54, 1.807) is 18.2 Å². The van der Waals surface area contributed by atoms with Gasteiger partial charge in [0, 0.05) is 30.8 Å². The van der Waals surface area contributed by atoms with Crippen molar-refractivity contribution in [1.82, 2.24) is 0 Å². The summed E-state index contributed by atoms with van der Waals surface area (Å²) in [5.41, 5.74) is 2.04. The van der Waals surface area contributed by atoms with Crippen LogP contribution in [0.3, 0.4) is 0 Å². The maximum absolute atomic E-state index is 13.0. The first-order valence-corrected chi connectivity index (χ1v) is 7.96. The van der Waals surface area contributed by atoms with Gasteiger partial charge in [-0.05, 0) is 24.1 Å². The molecular weight excluding hydrogens is 299 g/mol. The van der Waals surface area contributed by atoms with Gasteiger partial charge in [0.1, 0.15) is 5.25 Å². The second-order valence-corrected chi connectivity index (χ2v) is 6.81. The molecule has 1 atom stereocenters. The van der Waals surface area contributed by atoms with Crippen LogP contribution < -0.4 is 10.2 Å². The zero-order chi connectivity index (χ0) is 15.2. The monoisotopic (exact) mass is 312 g/mol. The summed E-state index contributed by atoms with van der Waals surface area (Å²) in [6, 6.07) is 5.09. The number of nitrogens with one attached hydrogen (secondary N) is 1. The van der Waals surface area contributed by atoms with Crippen molar-refractivity contribution in [2.75, 3.05) is 16.8 Å². The number of rotatable bonds is 2. The quantitative estimate of drug-likeness (QED) is 0.825. The van der Waals surface area contributed by atoms with E-state index in [1.807, 2.05) is 0 Å². The average Bonchev–Trinajstić information content (AvgIpc) is 2.80. The van der Waals surface area contributed by atoms with E-state index >= 15 is 0 Å². The SMILES string of the molecule is O=C1CCc2ccc(N3CC(S(=O)(=O)F)CC3=O)cc2N1. The van der Waals surface area contributed by atoms with Crippen molar-refractivity contribution in [3.05, 3.63) is 23.8 Å². The highest BCUT2D eigenvalue weighted by molar-refractivity contribution is 7.87. The predicted molar refractivity (Wildman–Crippen MR) is 74.2 cm³/mol. The maximum Gasteiger partial charge on any atom is 0.307 e. The summed E-state index contributed by atoms with van der Waals surface area (Å²) >= 11 is 0. The molecule has 1 aromatic carbocycles. The summed E-state index contributed by atoms with van der Waals surface area (Å²) in [4.78, 5) is 24.5. The topological polar surface area (TPSA) is 83.6 Å². The summed E-state index contributed by atoms with van der Waals surface area (Å²) in [7, 11) is -4.73. The minimum atomic E-state index is -4.73. The average molecular weight is 312 g/mol. The summed E-state index contributed by atoms with van der Waals surface area (Å²) < 4.78 is 34.9. The number of anilines is 2. The molecule has 0 bridgehead atoms. The summed E-state index contributed by atoms with van der Waals surface area (Å²) in [6.07, 6.45) is 0.677. The smallest absolute Gasteiger partial charge is 0.307 e. The van der Waals surface area contributed by atoms with Crippen LogP contribution in [0.15, 0.2) is 18.2 Å². The number of benzene rings is 1. The Bertz CT molecular complexity index is 732. The fraction of sp³-hybridized carbons (Fsp3) is 0.385. The Morgan fingerprint density at radius 3 is 2.67 bits per heavy atom. The van der Waals surface area contributed by atoms with E-state index in [0.29, 0.717) is 24.2 Å². The molecule has 2 heterocycles. The molecule has 0 aliphatic carbocycles. The number of amides is 2. The molecular formula is C13H13FN2O4S. The number of nitrogens with zero attached hydrogens (tertiary/aromatic N) is 1. The van der Waals surface area contributed by atoms with E-state index < -0.39 is 21.4 Å². The van der Waals surface area contributed by atoms with E-state index in [2.05, 4.69) is 5.32 Å². The van der Waals surface area contributed by atoms with Crippen molar-refractivity contribution >= 4 is 33.4 Å². The van der Waals surface area contributed by atoms with Gasteiger partial charge >= 0.3 is 10.2 Å². The molecule has 8 heteroatoms. The molecule has 1 fully saturated rings. The van der Waals surface area contributed by atoms with E-state index in [9.17, 15) is 21.9 Å². The molecule has 2 amide bonds. The summed E-state index contributed by atoms with van der Waals surface area (Å²) in [5, 5.41) is 1.39. The number of halogens is 1. The van der Waals surface area contributed by atoms with Crippen molar-refractivity contribution < 1.29 is 21.9 Å². The van der Waals surface area contributed by atoms with Crippen LogP contribution in [0.4, 0.5) is 15.3 Å². The molecule has 0 spiro atoms. The van der Waals surface area contributed by atoms with Crippen LogP contribution in [0.5, 0.6) is 0 Å². The van der Waals surface area contributed by atoms with E-state index in [4.69, 9.17) is 0 Å². The van der Waals surface area contributed by atoms with Crippen LogP contribution in [-0.4, -0.2) is 32.0 Å². The third-order valence-electron chi connectivity index (χ3n) is 3.79. The number of aryl methyl sites for hydroxylation is 1. The zero-order valence-corrected chi connectivity index (χ0v) is 11.8. The molecule has 3 rings (SSSR count). The Labute approximate surface area is 121 Å². The number of hydrogen-bond acceptors (Lipinski definition) is 4. The van der Waals surface area contributed by atoms with E-state index in [1.165, 1.54) is 4.90 Å². The lowest BCUT2D eigenvalue weighted by Crippen LogP contribution is -2.27. The lowest BCUT2D eigenvalue weighted by Gasteiger charge is -2.21. The number of hydrogen-bond donors (Lipinski definition) is 1. The minimum Gasteiger partial charge on any atom is -0.326 e. The van der Waals surface area contributed by atoms with Gasteiger partial charge < -0.3 is 10.2 Å². The Kier molecular flexibility index (Phi) is 3.20. The van der Waals surface area contributed by atoms with Crippen molar-refractivity contribution in [3.63, 3.8) is 0 Å². The third kappa shape index (κ3) is 2.63. The Morgan fingerprint density at radius 1 is 1.24 bits per heavy atom. The van der Waals surface area contributed by atoms with Gasteiger partial charge in [-0.3, -0.25) is 9.59 Å². The fourth-order valence-electron chi connectivity index (χ4n) is 2.64. The third-order valence-corrected chi connectivity index (χ3v) is 4.90. The standard InChI is InChI=1S/C13H13FN2O4S/c14-21(19,20)10-6-13(18)16(7-10)9-3-1-8-2-4-12(17)15-11(8)5-9/h1,3,5,10H,2,4,6-7H2,(H,15,17). The van der Waals surface area contributed by atoms with Gasteiger partial charge in [0.05, 0.1) is 0 Å². The molecule has 1 unspecified atom stereocenters. The van der Waals surface area contributed by atoms with Crippen LogP contribution >= 0.6 is 0 Å². The van der Waals surface area contributed by atoms with E-state index in [-0.39, 0.29) is 18.9 Å². The Morgan fingerprint density at radius 2 is 2.00 bits per heavy atom. The van der Waals surface area contributed by atoms with Gasteiger partial charge in [-0.2, -0.15) is 8.42 Å². The second kappa shape index (κ2) is 4.80. The lowest BCUT2D eigenvalue weighted by atomic mass is 10.0. The van der Waals surface area contributed by atoms with Crippen molar-refractivity contribution in [3.8, 4) is 0 Å². The van der Waals surface area contributed by atoms with Gasteiger partial charge in [0.2, 0.25) is 11.8 Å². The molecule has 2 aliphatic heterocycles. The van der Waals surface area contributed by atoms with Crippen LogP contribution in [0.2, 0.25) is 0 Å². The summed E-state index contributed by atoms with van der Waals surface area (Å²) in [5.74, 6) is -0.542. The van der Waals surface area contributed by atoms with Crippen molar-refractivity contribution in [1.29, 1.82) is 0 Å². The summed E-state index contributed by atoms with van der Waals surface area (Å²) in [6.45, 7) is -0.204. The molecule has 112 valence electrons. The first-order valence-electron chi connectivity index (χ1n) is 6.51. The highest BCUT2D eigenvalue weighted by Crippen LogP contribution is 2.31. The predicted octanol–water partition coefficient (Wildman–Crippen LogP) is 0.976. The van der Waals surface area contributed by atoms with Gasteiger partial charge in [-0.25, -0.2) is 0 Å². The van der Waals surface area contributed by atoms with Crippen LogP contribution in [0.1, 0.15) is 18.4 Å². The van der Waals surface area contributed by atoms with Crippen molar-refractivity contribution in [2.24, 2.45) is 0 Å². The molecule has 1 saturated heterocycles. The first-order chi connectivity index (χ1) is 9.84. The number of carbonyl (C=O) groups excluding carboxylic acids is 2. The maximum atomic E-state index is 13.0. The first kappa shape index (κ1) is 14.0. The molecule has 0 radical (unpaired) electrons. The normalized spacial score (nSPS) is 22.1. The molecule has 21 heavy (non-hydrogen) atoms. The van der Waals surface area contributed by atoms with Crippen LogP contribution in [0.25, 0.3) is 0 Å². The van der Waals surface area contributed by atoms with Gasteiger partial charge in [0.15, 0.2) is 0 Å². The Balaban J connectivity index is 1.90. The number of carbonyl (C=O) groups is 2. The highest BCUT2D eigenvalue weighted by atomic mass is 32.3. The zero-order valence-electron chi connectivity index (χ0n) is 11.0. The molecule has 0 aromatic heterocycles. The van der Waals surface area contributed by atoms with Crippen LogP contribution in [-0.2, 0) is 26.2 Å². The Hall–Kier alpha value is -1.96. The fourth-order valence-corrected chi connectivity index (χ4v) is 3.31. The lowest BCUT2D eigenvalue weighted by molar-refractivity contribution is -0.117. The molecule has 1 N–H and O–H groups in total. The minimum absolute atomic E-state index is 0.100. The number of fused-ring (bicyclic) bond motifs is 1. The van der Waals surface area contributed by atoms with Gasteiger partial charge in [0.25, 0.3) is 0 Å². The highest BCUT2D eigenvalue weighted by Gasteiger charge is 2.39. The molecule has 1 aromatic rings. The van der Waals surface area contributed by atoms with Crippen molar-refractivity contribution in [2.45, 2.75) is 24.5 Å². The van der Waals surface area contributed by atoms with Gasteiger partial charge in [-0.15, -0.1) is 3.89 Å².